The highest BCUT2D eigenvalue weighted by Crippen LogP contribution is 2.42. The monoisotopic (exact) mass is 452 g/mol. The van der Waals surface area contributed by atoms with Crippen LogP contribution < -0.4 is 14.4 Å². The standard InChI is InChI=1S/C23H24N4O4S/c1-14-22(32-15(2)25-14)20(28)18-19(16-7-4-5-8-17(16)31-3)27(23(30)21(18)29)11-6-10-26-12-9-24-13-26/h4-5,7-9,12-13,19H,6,10-11H2,1-3H3,(H,28,29). The lowest BCUT2D eigenvalue weighted by atomic mass is 9.94. The second-order valence-electron chi connectivity index (χ2n) is 7.57. The van der Waals surface area contributed by atoms with Crippen LogP contribution in [-0.4, -0.2) is 40.2 Å². The average Bonchev–Trinajstić information content (AvgIpc) is 3.48. The van der Waals surface area contributed by atoms with Crippen LogP contribution in [0.1, 0.15) is 38.4 Å². The van der Waals surface area contributed by atoms with E-state index in [0.29, 0.717) is 41.4 Å². The van der Waals surface area contributed by atoms with Gasteiger partial charge in [-0.2, -0.15) is 0 Å². The SMILES string of the molecule is COc1ccccc1C1C(C(=O)c2sc(C)nc2C)=C([O-])C(=O)N1CCC[n+]1cc[nH]c1. The van der Waals surface area contributed by atoms with Gasteiger partial charge in [-0.3, -0.25) is 14.6 Å². The summed E-state index contributed by atoms with van der Waals surface area (Å²) in [5.41, 5.74) is 1.14. The average molecular weight is 453 g/mol. The first-order valence-electron chi connectivity index (χ1n) is 10.3. The molecule has 2 aromatic heterocycles. The molecule has 1 amide bonds. The molecule has 166 valence electrons. The van der Waals surface area contributed by atoms with Crippen LogP contribution in [0.15, 0.2) is 54.3 Å². The number of H-pyrrole nitrogens is 1. The Morgan fingerprint density at radius 1 is 1.34 bits per heavy atom. The number of Topliss-reactive ketones (excluding diaryl/α,β-unsaturated/α-hetero) is 1. The number of aromatic amines is 1. The molecule has 8 nitrogen and oxygen atoms in total. The number of methoxy groups -OCH3 is 1. The van der Waals surface area contributed by atoms with Crippen LogP contribution in [-0.2, 0) is 11.3 Å². The van der Waals surface area contributed by atoms with E-state index >= 15 is 0 Å². The molecule has 1 atom stereocenters. The molecule has 0 spiro atoms. The van der Waals surface area contributed by atoms with Gasteiger partial charge in [0.05, 0.1) is 35.3 Å². The molecule has 1 aromatic carbocycles. The molecule has 0 fully saturated rings. The Balaban J connectivity index is 1.73. The van der Waals surface area contributed by atoms with Crippen molar-refractivity contribution in [3.05, 3.63) is 75.5 Å². The fraction of sp³-hybridized carbons (Fsp3) is 0.304. The van der Waals surface area contributed by atoms with Crippen molar-refractivity contribution in [3.8, 4) is 5.75 Å². The van der Waals surface area contributed by atoms with E-state index in [1.165, 1.54) is 23.3 Å². The number of aromatic nitrogens is 3. The van der Waals surface area contributed by atoms with Gasteiger partial charge >= 0.3 is 0 Å². The lowest BCUT2D eigenvalue weighted by Crippen LogP contribution is -2.37. The molecule has 0 bridgehead atoms. The highest BCUT2D eigenvalue weighted by molar-refractivity contribution is 7.14. The van der Waals surface area contributed by atoms with Gasteiger partial charge in [-0.15, -0.1) is 11.3 Å². The van der Waals surface area contributed by atoms with Crippen molar-refractivity contribution in [2.45, 2.75) is 32.9 Å². The lowest BCUT2D eigenvalue weighted by molar-refractivity contribution is -0.695. The van der Waals surface area contributed by atoms with Gasteiger partial charge in [-0.1, -0.05) is 18.2 Å². The first kappa shape index (κ1) is 21.8. The topological polar surface area (TPSA) is 102 Å². The zero-order valence-electron chi connectivity index (χ0n) is 18.1. The van der Waals surface area contributed by atoms with Gasteiger partial charge in [0, 0.05) is 24.1 Å². The molecule has 4 rings (SSSR count). The Kier molecular flexibility index (Phi) is 6.09. The number of hydrogen-bond donors (Lipinski definition) is 1. The molecule has 0 radical (unpaired) electrons. The van der Waals surface area contributed by atoms with E-state index in [0.717, 1.165) is 5.01 Å². The Labute approximate surface area is 189 Å². The Morgan fingerprint density at radius 3 is 2.78 bits per heavy atom. The predicted molar refractivity (Wildman–Crippen MR) is 116 cm³/mol. The van der Waals surface area contributed by atoms with E-state index in [2.05, 4.69) is 9.97 Å². The number of aryl methyl sites for hydroxylation is 3. The number of hydrogen-bond acceptors (Lipinski definition) is 6. The predicted octanol–water partition coefficient (Wildman–Crippen LogP) is 1.86. The van der Waals surface area contributed by atoms with Gasteiger partial charge in [0.1, 0.15) is 18.1 Å². The third kappa shape index (κ3) is 3.91. The summed E-state index contributed by atoms with van der Waals surface area (Å²) in [4.78, 5) is 35.7. The second kappa shape index (κ2) is 8.96. The maximum absolute atomic E-state index is 13.5. The number of ether oxygens (including phenoxy) is 1. The summed E-state index contributed by atoms with van der Waals surface area (Å²) in [6, 6.07) is 6.37. The summed E-state index contributed by atoms with van der Waals surface area (Å²) in [5, 5.41) is 13.8. The van der Waals surface area contributed by atoms with Crippen LogP contribution in [0.4, 0.5) is 0 Å². The summed E-state index contributed by atoms with van der Waals surface area (Å²) in [6.07, 6.45) is 6.15. The van der Waals surface area contributed by atoms with Crippen LogP contribution in [0, 0.1) is 13.8 Å². The fourth-order valence-electron chi connectivity index (χ4n) is 4.06. The number of nitrogens with one attached hydrogen (secondary N) is 1. The molecule has 1 unspecified atom stereocenters. The lowest BCUT2D eigenvalue weighted by Gasteiger charge is -2.28. The minimum absolute atomic E-state index is 0.0412. The number of ketones is 1. The normalized spacial score (nSPS) is 16.2. The third-order valence-electron chi connectivity index (χ3n) is 5.49. The van der Waals surface area contributed by atoms with Crippen LogP contribution in [0.25, 0.3) is 0 Å². The summed E-state index contributed by atoms with van der Waals surface area (Å²) >= 11 is 1.24. The number of carbonyl (C=O) groups excluding carboxylic acids is 2. The van der Waals surface area contributed by atoms with Crippen LogP contribution >= 0.6 is 11.3 Å². The smallest absolute Gasteiger partial charge is 0.241 e. The summed E-state index contributed by atoms with van der Waals surface area (Å²) in [6.45, 7) is 4.53. The third-order valence-corrected chi connectivity index (χ3v) is 6.56. The van der Waals surface area contributed by atoms with Crippen molar-refractivity contribution in [1.82, 2.24) is 14.9 Å². The molecule has 0 aliphatic carbocycles. The molecule has 32 heavy (non-hydrogen) atoms. The van der Waals surface area contributed by atoms with Crippen LogP contribution in [0.3, 0.4) is 0 Å². The minimum atomic E-state index is -0.809. The van der Waals surface area contributed by atoms with Gasteiger partial charge in [0.15, 0.2) is 0 Å². The number of imidazole rings is 1. The molecule has 1 aliphatic rings. The zero-order valence-corrected chi connectivity index (χ0v) is 18.9. The number of carbonyl (C=O) groups is 2. The molecular weight excluding hydrogens is 428 g/mol. The Bertz CT molecular complexity index is 1180. The second-order valence-corrected chi connectivity index (χ2v) is 8.77. The molecule has 0 saturated heterocycles. The molecule has 9 heteroatoms. The van der Waals surface area contributed by atoms with Crippen molar-refractivity contribution in [2.24, 2.45) is 0 Å². The highest BCUT2D eigenvalue weighted by Gasteiger charge is 2.41. The number of amides is 1. The van der Waals surface area contributed by atoms with E-state index in [1.54, 1.807) is 19.1 Å². The first-order chi connectivity index (χ1) is 15.4. The summed E-state index contributed by atoms with van der Waals surface area (Å²) in [5.74, 6) is -1.34. The Morgan fingerprint density at radius 2 is 2.12 bits per heavy atom. The van der Waals surface area contributed by atoms with Crippen molar-refractivity contribution >= 4 is 23.0 Å². The van der Waals surface area contributed by atoms with Crippen molar-refractivity contribution in [3.63, 3.8) is 0 Å². The maximum Gasteiger partial charge on any atom is 0.241 e. The fourth-order valence-corrected chi connectivity index (χ4v) is 4.94. The number of para-hydroxylation sites is 1. The molecule has 3 aromatic rings. The quantitative estimate of drug-likeness (QED) is 0.415. The van der Waals surface area contributed by atoms with Crippen LogP contribution in [0.2, 0.25) is 0 Å². The summed E-state index contributed by atoms with van der Waals surface area (Å²) in [7, 11) is 1.53. The van der Waals surface area contributed by atoms with Crippen molar-refractivity contribution in [1.29, 1.82) is 0 Å². The molecule has 0 saturated carbocycles. The first-order valence-corrected chi connectivity index (χ1v) is 11.1. The van der Waals surface area contributed by atoms with Gasteiger partial charge in [0.25, 0.3) is 0 Å². The number of benzene rings is 1. The molecular formula is C23H24N4O4S. The highest BCUT2D eigenvalue weighted by atomic mass is 32.1. The number of rotatable bonds is 8. The van der Waals surface area contributed by atoms with Crippen LogP contribution in [0.5, 0.6) is 5.75 Å². The zero-order chi connectivity index (χ0) is 22.8. The Hall–Kier alpha value is -3.46. The van der Waals surface area contributed by atoms with Crippen molar-refractivity contribution in [2.75, 3.05) is 13.7 Å². The summed E-state index contributed by atoms with van der Waals surface area (Å²) < 4.78 is 7.47. The van der Waals surface area contributed by atoms with Crippen molar-refractivity contribution < 1.29 is 24.0 Å². The number of nitrogens with zero attached hydrogens (tertiary/aromatic N) is 3. The van der Waals surface area contributed by atoms with E-state index in [1.807, 2.05) is 42.3 Å². The largest absolute Gasteiger partial charge is 0.868 e. The van der Waals surface area contributed by atoms with E-state index < -0.39 is 23.5 Å². The molecule has 3 heterocycles. The van der Waals surface area contributed by atoms with Gasteiger partial charge in [-0.25, -0.2) is 9.55 Å². The van der Waals surface area contributed by atoms with E-state index in [4.69, 9.17) is 4.74 Å². The van der Waals surface area contributed by atoms with E-state index in [-0.39, 0.29) is 5.57 Å². The molecule has 1 aliphatic heterocycles. The number of thiazole rings is 1. The van der Waals surface area contributed by atoms with Gasteiger partial charge in [0.2, 0.25) is 18.0 Å². The maximum atomic E-state index is 13.5. The minimum Gasteiger partial charge on any atom is -0.868 e. The molecule has 1 N–H and O–H groups in total. The van der Waals surface area contributed by atoms with E-state index in [9.17, 15) is 14.7 Å². The van der Waals surface area contributed by atoms with Gasteiger partial charge < -0.3 is 14.7 Å². The van der Waals surface area contributed by atoms with Gasteiger partial charge in [-0.05, 0) is 25.7 Å².